The van der Waals surface area contributed by atoms with Crippen LogP contribution < -0.4 is 0 Å². The molecule has 1 atom stereocenters. The Kier molecular flexibility index (Phi) is 4.16. The van der Waals surface area contributed by atoms with Crippen molar-refractivity contribution in [1.82, 2.24) is 0 Å². The first kappa shape index (κ1) is 13.7. The van der Waals surface area contributed by atoms with E-state index >= 15 is 0 Å². The quantitative estimate of drug-likeness (QED) is 0.735. The maximum absolute atomic E-state index is 12.1. The second kappa shape index (κ2) is 5.48. The molecule has 0 aliphatic carbocycles. The number of hydrogen-bond acceptors (Lipinski definition) is 6. The average molecular weight is 290 g/mol. The van der Waals surface area contributed by atoms with Gasteiger partial charge in [0.1, 0.15) is 9.46 Å². The van der Waals surface area contributed by atoms with Crippen molar-refractivity contribution in [3.63, 3.8) is 0 Å². The minimum absolute atomic E-state index is 0.201. The summed E-state index contributed by atoms with van der Waals surface area (Å²) < 4.78 is 34.4. The lowest BCUT2D eigenvalue weighted by Gasteiger charge is -2.08. The predicted molar refractivity (Wildman–Crippen MR) is 66.9 cm³/mol. The molecule has 1 aromatic rings. The Hall–Kier alpha value is -0.760. The summed E-state index contributed by atoms with van der Waals surface area (Å²) in [6, 6.07) is 1.58. The van der Waals surface area contributed by atoms with Crippen LogP contribution in [-0.4, -0.2) is 46.4 Å². The highest BCUT2D eigenvalue weighted by atomic mass is 32.2. The molecule has 0 saturated heterocycles. The zero-order valence-corrected chi connectivity index (χ0v) is 11.6. The van der Waals surface area contributed by atoms with Crippen molar-refractivity contribution < 1.29 is 22.7 Å². The fourth-order valence-corrected chi connectivity index (χ4v) is 5.09. The van der Waals surface area contributed by atoms with Gasteiger partial charge in [-0.3, -0.25) is 4.79 Å². The van der Waals surface area contributed by atoms with E-state index in [9.17, 15) is 13.2 Å². The molecule has 1 aliphatic heterocycles. The topological polar surface area (TPSA) is 69.7 Å². The van der Waals surface area contributed by atoms with E-state index < -0.39 is 15.1 Å². The van der Waals surface area contributed by atoms with Gasteiger partial charge in [-0.05, 0) is 17.9 Å². The molecule has 2 rings (SSSR count). The number of ether oxygens (including phenoxy) is 2. The standard InChI is InChI=1S/C11H14O5S2/c1-15-5-6-16-4-2-9-10(12)8-3-7-17-11(8)18(9,13)14/h3,7,9H,2,4-6H2,1H3. The van der Waals surface area contributed by atoms with Crippen LogP contribution in [0.3, 0.4) is 0 Å². The normalized spacial score (nSPS) is 21.2. The smallest absolute Gasteiger partial charge is 0.198 e. The summed E-state index contributed by atoms with van der Waals surface area (Å²) in [4.78, 5) is 11.9. The van der Waals surface area contributed by atoms with Crippen molar-refractivity contribution in [1.29, 1.82) is 0 Å². The molecule has 0 aromatic carbocycles. The van der Waals surface area contributed by atoms with Crippen LogP contribution in [0.25, 0.3) is 0 Å². The van der Waals surface area contributed by atoms with Gasteiger partial charge in [-0.1, -0.05) is 0 Å². The zero-order chi connectivity index (χ0) is 13.2. The summed E-state index contributed by atoms with van der Waals surface area (Å²) in [5, 5.41) is 0.660. The van der Waals surface area contributed by atoms with Gasteiger partial charge >= 0.3 is 0 Å². The van der Waals surface area contributed by atoms with Crippen LogP contribution in [0.4, 0.5) is 0 Å². The highest BCUT2D eigenvalue weighted by molar-refractivity contribution is 7.95. The van der Waals surface area contributed by atoms with E-state index in [-0.39, 0.29) is 23.0 Å². The number of ketones is 1. The molecule has 7 heteroatoms. The SMILES string of the molecule is COCCOCCC1C(=O)c2ccsc2S1(=O)=O. The summed E-state index contributed by atoms with van der Waals surface area (Å²) in [7, 11) is -1.93. The number of Topliss-reactive ketones (excluding diaryl/α,β-unsaturated/α-hetero) is 1. The first-order chi connectivity index (χ1) is 8.59. The first-order valence-corrected chi connectivity index (χ1v) is 7.94. The number of fused-ring (bicyclic) bond motifs is 1. The van der Waals surface area contributed by atoms with Crippen LogP contribution in [-0.2, 0) is 19.3 Å². The van der Waals surface area contributed by atoms with E-state index in [2.05, 4.69) is 0 Å². The first-order valence-electron chi connectivity index (χ1n) is 5.51. The van der Waals surface area contributed by atoms with Gasteiger partial charge in [-0.25, -0.2) is 8.42 Å². The third-order valence-electron chi connectivity index (χ3n) is 2.78. The van der Waals surface area contributed by atoms with Crippen LogP contribution in [0.15, 0.2) is 15.7 Å². The van der Waals surface area contributed by atoms with Gasteiger partial charge in [0.25, 0.3) is 0 Å². The predicted octanol–water partition coefficient (Wildman–Crippen LogP) is 1.14. The number of carbonyl (C=O) groups excluding carboxylic acids is 1. The number of rotatable bonds is 6. The Labute approximate surface area is 110 Å². The largest absolute Gasteiger partial charge is 0.382 e. The second-order valence-corrected chi connectivity index (χ2v) is 7.16. The highest BCUT2D eigenvalue weighted by Gasteiger charge is 2.44. The summed E-state index contributed by atoms with van der Waals surface area (Å²) >= 11 is 1.10. The van der Waals surface area contributed by atoms with Crippen molar-refractivity contribution >= 4 is 27.0 Å². The van der Waals surface area contributed by atoms with E-state index in [1.807, 2.05) is 0 Å². The molecule has 0 spiro atoms. The van der Waals surface area contributed by atoms with E-state index in [4.69, 9.17) is 9.47 Å². The number of hydrogen-bond donors (Lipinski definition) is 0. The minimum Gasteiger partial charge on any atom is -0.382 e. The molecule has 1 unspecified atom stereocenters. The molecule has 0 saturated carbocycles. The molecule has 1 aliphatic rings. The molecule has 0 bridgehead atoms. The number of sulfone groups is 1. The van der Waals surface area contributed by atoms with Crippen molar-refractivity contribution in [3.8, 4) is 0 Å². The van der Waals surface area contributed by atoms with E-state index in [0.29, 0.717) is 18.8 Å². The molecule has 0 radical (unpaired) electrons. The lowest BCUT2D eigenvalue weighted by molar-refractivity contribution is 0.0675. The van der Waals surface area contributed by atoms with Crippen LogP contribution in [0.1, 0.15) is 16.8 Å². The van der Waals surface area contributed by atoms with Gasteiger partial charge in [0.2, 0.25) is 0 Å². The molecule has 0 fully saturated rings. The fourth-order valence-electron chi connectivity index (χ4n) is 1.86. The molecule has 18 heavy (non-hydrogen) atoms. The molecule has 100 valence electrons. The van der Waals surface area contributed by atoms with Crippen molar-refractivity contribution in [2.24, 2.45) is 0 Å². The molecular formula is C11H14O5S2. The van der Waals surface area contributed by atoms with E-state index in [0.717, 1.165) is 11.3 Å². The molecule has 0 amide bonds. The van der Waals surface area contributed by atoms with Crippen molar-refractivity contribution in [2.45, 2.75) is 15.9 Å². The van der Waals surface area contributed by atoms with Crippen molar-refractivity contribution in [3.05, 3.63) is 17.0 Å². The fraction of sp³-hybridized carbons (Fsp3) is 0.545. The molecule has 0 N–H and O–H groups in total. The van der Waals surface area contributed by atoms with Gasteiger partial charge in [0, 0.05) is 19.3 Å². The zero-order valence-electron chi connectivity index (χ0n) is 9.92. The molecule has 1 aromatic heterocycles. The number of thiophene rings is 1. The van der Waals surface area contributed by atoms with Gasteiger partial charge in [0.05, 0.1) is 13.2 Å². The Bertz CT molecular complexity index is 531. The Balaban J connectivity index is 1.99. The van der Waals surface area contributed by atoms with Crippen LogP contribution in [0, 0.1) is 0 Å². The molecular weight excluding hydrogens is 276 g/mol. The maximum atomic E-state index is 12.1. The summed E-state index contributed by atoms with van der Waals surface area (Å²) in [5.74, 6) is -0.304. The Morgan fingerprint density at radius 2 is 2.11 bits per heavy atom. The number of methoxy groups -OCH3 is 1. The van der Waals surface area contributed by atoms with Crippen LogP contribution >= 0.6 is 11.3 Å². The number of carbonyl (C=O) groups is 1. The Morgan fingerprint density at radius 1 is 1.33 bits per heavy atom. The van der Waals surface area contributed by atoms with Crippen LogP contribution in [0.5, 0.6) is 0 Å². The van der Waals surface area contributed by atoms with Gasteiger partial charge in [-0.15, -0.1) is 11.3 Å². The second-order valence-electron chi connectivity index (χ2n) is 3.91. The minimum atomic E-state index is -3.49. The summed E-state index contributed by atoms with van der Waals surface area (Å²) in [6.45, 7) is 1.10. The monoisotopic (exact) mass is 290 g/mol. The van der Waals surface area contributed by atoms with E-state index in [1.165, 1.54) is 0 Å². The molecule has 5 nitrogen and oxygen atoms in total. The van der Waals surface area contributed by atoms with Gasteiger partial charge < -0.3 is 9.47 Å². The summed E-state index contributed by atoms with van der Waals surface area (Å²) in [6.07, 6.45) is 0.201. The van der Waals surface area contributed by atoms with E-state index in [1.54, 1.807) is 18.6 Å². The maximum Gasteiger partial charge on any atom is 0.198 e. The Morgan fingerprint density at radius 3 is 2.78 bits per heavy atom. The third-order valence-corrected chi connectivity index (χ3v) is 6.40. The average Bonchev–Trinajstić information content (AvgIpc) is 2.87. The lowest BCUT2D eigenvalue weighted by Crippen LogP contribution is -2.25. The van der Waals surface area contributed by atoms with Crippen LogP contribution in [0.2, 0.25) is 0 Å². The third kappa shape index (κ3) is 2.35. The molecule has 2 heterocycles. The highest BCUT2D eigenvalue weighted by Crippen LogP contribution is 2.36. The van der Waals surface area contributed by atoms with Gasteiger partial charge in [-0.2, -0.15) is 0 Å². The summed E-state index contributed by atoms with van der Waals surface area (Å²) in [5.41, 5.74) is 0.335. The van der Waals surface area contributed by atoms with Crippen molar-refractivity contribution in [2.75, 3.05) is 26.9 Å². The van der Waals surface area contributed by atoms with Gasteiger partial charge in [0.15, 0.2) is 15.6 Å². The lowest BCUT2D eigenvalue weighted by atomic mass is 10.1.